The lowest BCUT2D eigenvalue weighted by atomic mass is 10.1. The van der Waals surface area contributed by atoms with Crippen LogP contribution in [0, 0.1) is 0 Å². The molecule has 0 spiro atoms. The number of fused-ring (bicyclic) bond motifs is 1. The highest BCUT2D eigenvalue weighted by molar-refractivity contribution is 8.08. The summed E-state index contributed by atoms with van der Waals surface area (Å²) in [4.78, 5) is 16.8. The van der Waals surface area contributed by atoms with Crippen molar-refractivity contribution in [3.8, 4) is 0 Å². The molecule has 35 heavy (non-hydrogen) atoms. The molecule has 0 atom stereocenters. The maximum atomic E-state index is 13.5. The van der Waals surface area contributed by atoms with Gasteiger partial charge in [0.1, 0.15) is 14.2 Å². The maximum absolute atomic E-state index is 13.5. The summed E-state index contributed by atoms with van der Waals surface area (Å²) in [6, 6.07) is 12.1. The number of thioether (sulfide) groups is 1. The fraction of sp³-hybridized carbons (Fsp3) is 0.231. The third-order valence-electron chi connectivity index (χ3n) is 6.08. The Morgan fingerprint density at radius 3 is 2.60 bits per heavy atom. The molecule has 0 N–H and O–H groups in total. The molecule has 1 aliphatic heterocycles. The number of anilines is 1. The molecule has 180 valence electrons. The molecule has 0 saturated heterocycles. The predicted octanol–water partition coefficient (Wildman–Crippen LogP) is 5.33. The van der Waals surface area contributed by atoms with Gasteiger partial charge >= 0.3 is 0 Å². The molecule has 0 radical (unpaired) electrons. The van der Waals surface area contributed by atoms with E-state index in [-0.39, 0.29) is 5.56 Å². The number of hydrogen-bond acceptors (Lipinski definition) is 5. The SMILES string of the molecule is CCc1ccc2c(c1)SC(=c1s/c(=C\c3scc[n+]3Cc3c(Cl)cccc3Cl)n(CC)c1=O)N2C. The molecule has 9 heteroatoms. The van der Waals surface area contributed by atoms with Crippen LogP contribution in [0.1, 0.15) is 30.0 Å². The van der Waals surface area contributed by atoms with E-state index in [9.17, 15) is 4.79 Å². The van der Waals surface area contributed by atoms with Gasteiger partial charge in [0, 0.05) is 18.5 Å². The molecule has 2 aromatic heterocycles. The van der Waals surface area contributed by atoms with Crippen LogP contribution in [0.3, 0.4) is 0 Å². The van der Waals surface area contributed by atoms with Crippen molar-refractivity contribution >= 4 is 74.4 Å². The summed E-state index contributed by atoms with van der Waals surface area (Å²) in [5.74, 6) is 0. The highest BCUT2D eigenvalue weighted by Crippen LogP contribution is 2.45. The number of halogens is 2. The average molecular weight is 562 g/mol. The molecule has 0 saturated carbocycles. The number of hydrogen-bond donors (Lipinski definition) is 0. The normalized spacial score (nSPS) is 15.2. The highest BCUT2D eigenvalue weighted by Gasteiger charge is 2.25. The van der Waals surface area contributed by atoms with E-state index in [2.05, 4.69) is 40.7 Å². The molecule has 4 aromatic rings. The topological polar surface area (TPSA) is 29.1 Å². The van der Waals surface area contributed by atoms with E-state index in [4.69, 9.17) is 23.2 Å². The van der Waals surface area contributed by atoms with Crippen molar-refractivity contribution in [2.45, 2.75) is 38.3 Å². The van der Waals surface area contributed by atoms with E-state index in [0.29, 0.717) is 23.1 Å². The Morgan fingerprint density at radius 1 is 1.11 bits per heavy atom. The Labute approximate surface area is 226 Å². The van der Waals surface area contributed by atoms with Gasteiger partial charge in [-0.25, -0.2) is 0 Å². The monoisotopic (exact) mass is 560 g/mol. The summed E-state index contributed by atoms with van der Waals surface area (Å²) in [6.07, 6.45) is 5.11. The second kappa shape index (κ2) is 10.1. The van der Waals surface area contributed by atoms with Gasteiger partial charge < -0.3 is 4.90 Å². The van der Waals surface area contributed by atoms with Crippen molar-refractivity contribution in [2.75, 3.05) is 11.9 Å². The third-order valence-corrected chi connectivity index (χ3v) is 10.1. The first-order valence-corrected chi connectivity index (χ1v) is 14.6. The Hall–Kier alpha value is -2.03. The highest BCUT2D eigenvalue weighted by atomic mass is 35.5. The van der Waals surface area contributed by atoms with Crippen molar-refractivity contribution in [3.05, 3.63) is 93.7 Å². The van der Waals surface area contributed by atoms with Gasteiger partial charge in [-0.1, -0.05) is 65.4 Å². The second-order valence-electron chi connectivity index (χ2n) is 8.15. The predicted molar refractivity (Wildman–Crippen MR) is 151 cm³/mol. The summed E-state index contributed by atoms with van der Waals surface area (Å²) in [5, 5.41) is 5.36. The van der Waals surface area contributed by atoms with Gasteiger partial charge in [0.2, 0.25) is 0 Å². The molecular weight excluding hydrogens is 537 g/mol. The minimum Gasteiger partial charge on any atom is -0.337 e. The van der Waals surface area contributed by atoms with Crippen LogP contribution in [-0.4, -0.2) is 11.6 Å². The smallest absolute Gasteiger partial charge is 0.271 e. The van der Waals surface area contributed by atoms with Crippen molar-refractivity contribution in [3.63, 3.8) is 0 Å². The lowest BCUT2D eigenvalue weighted by Crippen LogP contribution is -2.36. The van der Waals surface area contributed by atoms with E-state index in [1.165, 1.54) is 10.5 Å². The lowest BCUT2D eigenvalue weighted by Gasteiger charge is -2.12. The van der Waals surface area contributed by atoms with Gasteiger partial charge in [0.25, 0.3) is 10.6 Å². The Bertz CT molecular complexity index is 1580. The molecule has 0 unspecified atom stereocenters. The number of thiazole rings is 2. The molecule has 0 fully saturated rings. The van der Waals surface area contributed by atoms with Crippen LogP contribution in [-0.2, 0) is 19.5 Å². The number of aryl methyl sites for hydroxylation is 1. The summed E-state index contributed by atoms with van der Waals surface area (Å²) in [6.45, 7) is 5.35. The van der Waals surface area contributed by atoms with E-state index in [1.807, 2.05) is 48.3 Å². The first-order chi connectivity index (χ1) is 16.9. The summed E-state index contributed by atoms with van der Waals surface area (Å²) < 4.78 is 5.68. The van der Waals surface area contributed by atoms with Crippen LogP contribution in [0.25, 0.3) is 11.1 Å². The summed E-state index contributed by atoms with van der Waals surface area (Å²) >= 11 is 17.7. The number of aromatic nitrogens is 2. The Kier molecular flexibility index (Phi) is 7.15. The fourth-order valence-electron chi connectivity index (χ4n) is 4.11. The van der Waals surface area contributed by atoms with E-state index in [0.717, 1.165) is 36.9 Å². The van der Waals surface area contributed by atoms with Crippen molar-refractivity contribution < 1.29 is 4.57 Å². The number of nitrogens with zero attached hydrogens (tertiary/aromatic N) is 3. The van der Waals surface area contributed by atoms with Crippen molar-refractivity contribution in [1.29, 1.82) is 0 Å². The molecule has 3 heterocycles. The van der Waals surface area contributed by atoms with Crippen molar-refractivity contribution in [1.82, 2.24) is 4.57 Å². The van der Waals surface area contributed by atoms with Crippen LogP contribution in [0.2, 0.25) is 10.0 Å². The third kappa shape index (κ3) is 4.60. The molecular formula is C26H24Cl2N3OS3+. The Morgan fingerprint density at radius 2 is 1.89 bits per heavy atom. The van der Waals surface area contributed by atoms with E-state index in [1.54, 1.807) is 34.4 Å². The van der Waals surface area contributed by atoms with Gasteiger partial charge in [0.05, 0.1) is 32.8 Å². The Balaban J connectivity index is 1.60. The number of rotatable bonds is 5. The minimum atomic E-state index is 0.0545. The van der Waals surface area contributed by atoms with Gasteiger partial charge in [0.15, 0.2) is 12.7 Å². The first kappa shape index (κ1) is 24.7. The van der Waals surface area contributed by atoms with Crippen LogP contribution in [0.15, 0.2) is 57.7 Å². The zero-order chi connectivity index (χ0) is 24.7. The van der Waals surface area contributed by atoms with Crippen LogP contribution >= 0.6 is 57.6 Å². The second-order valence-corrected chi connectivity index (χ2v) is 12.0. The van der Waals surface area contributed by atoms with Crippen LogP contribution in [0.5, 0.6) is 0 Å². The molecule has 2 aromatic carbocycles. The van der Waals surface area contributed by atoms with Crippen LogP contribution < -0.4 is 24.2 Å². The summed E-state index contributed by atoms with van der Waals surface area (Å²) in [7, 11) is 2.04. The average Bonchev–Trinajstić information content (AvgIpc) is 3.52. The molecule has 0 bridgehead atoms. The number of benzene rings is 2. The zero-order valence-electron chi connectivity index (χ0n) is 19.5. The summed E-state index contributed by atoms with van der Waals surface area (Å²) in [5.41, 5.74) is 3.39. The molecule has 4 nitrogen and oxygen atoms in total. The van der Waals surface area contributed by atoms with Gasteiger partial charge in [-0.3, -0.25) is 9.36 Å². The zero-order valence-corrected chi connectivity index (χ0v) is 23.5. The van der Waals surface area contributed by atoms with Gasteiger partial charge in [-0.2, -0.15) is 4.57 Å². The standard InChI is InChI=1S/C26H24Cl2N3OS3/c1-4-16-9-10-20-21(13-16)34-26(29(20)3)24-25(32)31(5-2)23(35-24)14-22-30(11-12-33-22)15-17-18(27)7-6-8-19(17)28/h6-14H,4-5,15H2,1-3H3/q+1. The fourth-order valence-corrected chi connectivity index (χ4v) is 8.00. The molecule has 5 rings (SSSR count). The largest absolute Gasteiger partial charge is 0.337 e. The van der Waals surface area contributed by atoms with E-state index < -0.39 is 0 Å². The van der Waals surface area contributed by atoms with Crippen LogP contribution in [0.4, 0.5) is 5.69 Å². The first-order valence-electron chi connectivity index (χ1n) is 11.3. The maximum Gasteiger partial charge on any atom is 0.271 e. The molecule has 0 amide bonds. The van der Waals surface area contributed by atoms with Gasteiger partial charge in [-0.15, -0.1) is 11.3 Å². The van der Waals surface area contributed by atoms with Crippen molar-refractivity contribution in [2.24, 2.45) is 0 Å². The van der Waals surface area contributed by atoms with Gasteiger partial charge in [-0.05, 0) is 43.2 Å². The molecule has 1 aliphatic rings. The minimum absolute atomic E-state index is 0.0545. The van der Waals surface area contributed by atoms with E-state index >= 15 is 0 Å². The quantitative estimate of drug-likeness (QED) is 0.309. The molecule has 0 aliphatic carbocycles. The lowest BCUT2D eigenvalue weighted by molar-refractivity contribution is -0.685.